The summed E-state index contributed by atoms with van der Waals surface area (Å²) in [5.74, 6) is 0.865. The molecule has 0 aromatic rings. The van der Waals surface area contributed by atoms with Crippen LogP contribution >= 0.6 is 0 Å². The van der Waals surface area contributed by atoms with E-state index in [0.29, 0.717) is 5.41 Å². The van der Waals surface area contributed by atoms with E-state index in [1.54, 1.807) is 0 Å². The Hall–Kier alpha value is -0.0800. The fraction of sp³-hybridized carbons (Fsp3) is 1.00. The first-order valence-electron chi connectivity index (χ1n) is 9.34. The monoisotopic (exact) mass is 293 g/mol. The summed E-state index contributed by atoms with van der Waals surface area (Å²) < 4.78 is 6.92. The fourth-order valence-corrected chi connectivity index (χ4v) is 5.05. The Bertz CT molecular complexity index is 348. The lowest BCUT2D eigenvalue weighted by Gasteiger charge is -2.50. The zero-order valence-electron chi connectivity index (χ0n) is 14.5. The predicted octanol–water partition coefficient (Wildman–Crippen LogP) is 4.67. The van der Waals surface area contributed by atoms with Crippen molar-refractivity contribution < 1.29 is 4.74 Å². The summed E-state index contributed by atoms with van der Waals surface area (Å²) in [6.07, 6.45) is 13.3. The van der Waals surface area contributed by atoms with Crippen molar-refractivity contribution in [2.24, 2.45) is 11.3 Å². The zero-order chi connectivity index (χ0) is 15.0. The summed E-state index contributed by atoms with van der Waals surface area (Å²) >= 11 is 0. The molecule has 0 bridgehead atoms. The SMILES string of the molecule is CC(C)(C)C1CCCC2(CC1)CNCC1(CCCCC1)O2. The maximum absolute atomic E-state index is 6.92. The topological polar surface area (TPSA) is 21.3 Å². The summed E-state index contributed by atoms with van der Waals surface area (Å²) in [6, 6.07) is 0. The molecule has 1 saturated heterocycles. The lowest BCUT2D eigenvalue weighted by atomic mass is 9.76. The maximum Gasteiger partial charge on any atom is 0.0814 e. The Labute approximate surface area is 131 Å². The Kier molecular flexibility index (Phi) is 4.40. The second kappa shape index (κ2) is 5.85. The third kappa shape index (κ3) is 3.47. The van der Waals surface area contributed by atoms with Gasteiger partial charge in [0.25, 0.3) is 0 Å². The fourth-order valence-electron chi connectivity index (χ4n) is 5.05. The molecule has 0 radical (unpaired) electrons. The average molecular weight is 293 g/mol. The Morgan fingerprint density at radius 1 is 0.810 bits per heavy atom. The van der Waals surface area contributed by atoms with Gasteiger partial charge in [0, 0.05) is 13.1 Å². The van der Waals surface area contributed by atoms with Gasteiger partial charge in [0.05, 0.1) is 11.2 Å². The molecule has 21 heavy (non-hydrogen) atoms. The Balaban J connectivity index is 1.69. The highest BCUT2D eigenvalue weighted by molar-refractivity contribution is 4.99. The van der Waals surface area contributed by atoms with Crippen molar-refractivity contribution in [1.29, 1.82) is 0 Å². The van der Waals surface area contributed by atoms with Crippen LogP contribution in [0.4, 0.5) is 0 Å². The number of hydrogen-bond acceptors (Lipinski definition) is 2. The van der Waals surface area contributed by atoms with Gasteiger partial charge in [0.1, 0.15) is 0 Å². The first kappa shape index (κ1) is 15.8. The molecule has 3 rings (SSSR count). The molecule has 3 aliphatic rings. The van der Waals surface area contributed by atoms with Crippen molar-refractivity contribution in [3.8, 4) is 0 Å². The quantitative estimate of drug-likeness (QED) is 0.700. The molecule has 3 fully saturated rings. The van der Waals surface area contributed by atoms with Crippen molar-refractivity contribution in [2.45, 2.75) is 96.2 Å². The smallest absolute Gasteiger partial charge is 0.0814 e. The minimum absolute atomic E-state index is 0.148. The van der Waals surface area contributed by atoms with E-state index in [0.717, 1.165) is 19.0 Å². The molecule has 2 spiro atoms. The van der Waals surface area contributed by atoms with Gasteiger partial charge in [-0.25, -0.2) is 0 Å². The first-order chi connectivity index (χ1) is 9.93. The number of ether oxygens (including phenoxy) is 1. The number of nitrogens with one attached hydrogen (secondary N) is 1. The molecule has 1 N–H and O–H groups in total. The van der Waals surface area contributed by atoms with Gasteiger partial charge in [-0.1, -0.05) is 46.5 Å². The van der Waals surface area contributed by atoms with Crippen molar-refractivity contribution in [3.05, 3.63) is 0 Å². The normalized spacial score (nSPS) is 37.6. The largest absolute Gasteiger partial charge is 0.366 e. The van der Waals surface area contributed by atoms with Crippen molar-refractivity contribution in [1.82, 2.24) is 5.32 Å². The zero-order valence-corrected chi connectivity index (χ0v) is 14.5. The molecule has 1 aliphatic heterocycles. The van der Waals surface area contributed by atoms with Gasteiger partial charge in [-0.05, 0) is 49.9 Å². The lowest BCUT2D eigenvalue weighted by Crippen LogP contribution is -2.60. The van der Waals surface area contributed by atoms with Crippen LogP contribution in [0.1, 0.15) is 85.0 Å². The van der Waals surface area contributed by atoms with Crippen molar-refractivity contribution >= 4 is 0 Å². The van der Waals surface area contributed by atoms with Gasteiger partial charge in [-0.2, -0.15) is 0 Å². The number of morpholine rings is 1. The molecule has 2 heteroatoms. The van der Waals surface area contributed by atoms with Crippen LogP contribution in [0.5, 0.6) is 0 Å². The van der Waals surface area contributed by atoms with E-state index in [9.17, 15) is 0 Å². The van der Waals surface area contributed by atoms with Crippen LogP contribution in [0.25, 0.3) is 0 Å². The first-order valence-corrected chi connectivity index (χ1v) is 9.34. The molecule has 0 aromatic carbocycles. The standard InChI is InChI=1S/C19H35NO/c1-17(2,3)16-8-7-12-19(13-9-16)15-20-14-18(21-19)10-5-4-6-11-18/h16,20H,4-15H2,1-3H3. The summed E-state index contributed by atoms with van der Waals surface area (Å²) in [5.41, 5.74) is 0.782. The molecule has 2 atom stereocenters. The minimum atomic E-state index is 0.148. The van der Waals surface area contributed by atoms with Crippen molar-refractivity contribution in [2.75, 3.05) is 13.1 Å². The minimum Gasteiger partial charge on any atom is -0.366 e. The van der Waals surface area contributed by atoms with E-state index in [-0.39, 0.29) is 11.2 Å². The predicted molar refractivity (Wildman–Crippen MR) is 88.5 cm³/mol. The molecule has 2 saturated carbocycles. The van der Waals surface area contributed by atoms with Gasteiger partial charge >= 0.3 is 0 Å². The molecule has 122 valence electrons. The molecular formula is C19H35NO. The highest BCUT2D eigenvalue weighted by Gasteiger charge is 2.47. The summed E-state index contributed by atoms with van der Waals surface area (Å²) in [4.78, 5) is 0. The van der Waals surface area contributed by atoms with E-state index < -0.39 is 0 Å². The molecule has 2 aliphatic carbocycles. The van der Waals surface area contributed by atoms with Crippen LogP contribution < -0.4 is 5.32 Å². The maximum atomic E-state index is 6.92. The molecule has 2 nitrogen and oxygen atoms in total. The van der Waals surface area contributed by atoms with E-state index in [1.165, 1.54) is 64.2 Å². The highest BCUT2D eigenvalue weighted by Crippen LogP contribution is 2.45. The number of hydrogen-bond donors (Lipinski definition) is 1. The van der Waals surface area contributed by atoms with Crippen LogP contribution in [-0.2, 0) is 4.74 Å². The molecular weight excluding hydrogens is 258 g/mol. The van der Waals surface area contributed by atoms with Gasteiger partial charge in [0.15, 0.2) is 0 Å². The van der Waals surface area contributed by atoms with E-state index in [2.05, 4.69) is 26.1 Å². The van der Waals surface area contributed by atoms with Crippen LogP contribution in [-0.4, -0.2) is 24.3 Å². The van der Waals surface area contributed by atoms with E-state index >= 15 is 0 Å². The number of rotatable bonds is 0. The summed E-state index contributed by atoms with van der Waals surface area (Å²) in [5, 5.41) is 3.76. The second-order valence-corrected chi connectivity index (χ2v) is 9.13. The van der Waals surface area contributed by atoms with Crippen LogP contribution in [0.2, 0.25) is 0 Å². The van der Waals surface area contributed by atoms with Crippen molar-refractivity contribution in [3.63, 3.8) is 0 Å². The van der Waals surface area contributed by atoms with Crippen LogP contribution in [0, 0.1) is 11.3 Å². The third-order valence-electron chi connectivity index (χ3n) is 6.45. The van der Waals surface area contributed by atoms with Gasteiger partial charge in [-0.15, -0.1) is 0 Å². The van der Waals surface area contributed by atoms with Gasteiger partial charge in [-0.3, -0.25) is 0 Å². The van der Waals surface area contributed by atoms with Gasteiger partial charge in [0.2, 0.25) is 0 Å². The summed E-state index contributed by atoms with van der Waals surface area (Å²) in [7, 11) is 0. The third-order valence-corrected chi connectivity index (χ3v) is 6.45. The molecule has 2 unspecified atom stereocenters. The molecule has 0 amide bonds. The van der Waals surface area contributed by atoms with Gasteiger partial charge < -0.3 is 10.1 Å². The lowest BCUT2D eigenvalue weighted by molar-refractivity contribution is -0.196. The molecule has 0 aromatic heterocycles. The Morgan fingerprint density at radius 3 is 2.10 bits per heavy atom. The Morgan fingerprint density at radius 2 is 1.43 bits per heavy atom. The van der Waals surface area contributed by atoms with Crippen LogP contribution in [0.3, 0.4) is 0 Å². The molecule has 1 heterocycles. The second-order valence-electron chi connectivity index (χ2n) is 9.13. The van der Waals surface area contributed by atoms with E-state index in [1.807, 2.05) is 0 Å². The average Bonchev–Trinajstić information content (AvgIpc) is 2.62. The van der Waals surface area contributed by atoms with E-state index in [4.69, 9.17) is 4.74 Å². The highest BCUT2D eigenvalue weighted by atomic mass is 16.5. The summed E-state index contributed by atoms with van der Waals surface area (Å²) in [6.45, 7) is 9.43. The van der Waals surface area contributed by atoms with Crippen LogP contribution in [0.15, 0.2) is 0 Å².